The predicted molar refractivity (Wildman–Crippen MR) is 117 cm³/mol. The van der Waals surface area contributed by atoms with Gasteiger partial charge in [0.25, 0.3) is 0 Å². The van der Waals surface area contributed by atoms with Crippen LogP contribution in [0.5, 0.6) is 5.88 Å². The van der Waals surface area contributed by atoms with Crippen molar-refractivity contribution in [2.45, 2.75) is 20.4 Å². The molecule has 30 heavy (non-hydrogen) atoms. The quantitative estimate of drug-likeness (QED) is 0.445. The molecule has 0 unspecified atom stereocenters. The molecule has 1 aliphatic rings. The molecule has 4 N–H and O–H groups in total. The van der Waals surface area contributed by atoms with Crippen LogP contribution in [0.25, 0.3) is 22.0 Å². The molecule has 0 saturated carbocycles. The van der Waals surface area contributed by atoms with E-state index in [9.17, 15) is 0 Å². The molecule has 1 aliphatic heterocycles. The highest BCUT2D eigenvalue weighted by atomic mass is 16.5. The fourth-order valence-corrected chi connectivity index (χ4v) is 3.62. The number of nitrogens with one attached hydrogen (secondary N) is 2. The van der Waals surface area contributed by atoms with Gasteiger partial charge in [-0.05, 0) is 37.1 Å². The lowest BCUT2D eigenvalue weighted by Gasteiger charge is -2.21. The molecule has 3 aromatic heterocycles. The van der Waals surface area contributed by atoms with Crippen molar-refractivity contribution in [1.82, 2.24) is 24.7 Å². The number of hydrogen-bond acceptors (Lipinski definition) is 8. The number of rotatable bonds is 4. The van der Waals surface area contributed by atoms with Crippen LogP contribution < -0.4 is 21.1 Å². The van der Waals surface area contributed by atoms with Gasteiger partial charge in [-0.2, -0.15) is 5.10 Å². The van der Waals surface area contributed by atoms with Crippen molar-refractivity contribution in [3.8, 4) is 17.0 Å². The number of aromatic nitrogens is 5. The summed E-state index contributed by atoms with van der Waals surface area (Å²) in [6.45, 7) is 6.26. The van der Waals surface area contributed by atoms with Crippen LogP contribution >= 0.6 is 0 Å². The van der Waals surface area contributed by atoms with E-state index in [1.165, 1.54) is 0 Å². The Morgan fingerprint density at radius 1 is 1.23 bits per heavy atom. The molecule has 4 heterocycles. The van der Waals surface area contributed by atoms with Crippen LogP contribution in [0, 0.1) is 6.92 Å². The molecule has 0 radical (unpaired) electrons. The predicted octanol–water partition coefficient (Wildman–Crippen LogP) is 3.35. The summed E-state index contributed by atoms with van der Waals surface area (Å²) < 4.78 is 7.47. The van der Waals surface area contributed by atoms with Gasteiger partial charge >= 0.3 is 0 Å². The average Bonchev–Trinajstić information content (AvgIpc) is 3.21. The zero-order chi connectivity index (χ0) is 20.7. The average molecular weight is 402 g/mol. The Morgan fingerprint density at radius 3 is 2.97 bits per heavy atom. The maximum absolute atomic E-state index is 6.33. The molecular weight excluding hydrogens is 380 g/mol. The van der Waals surface area contributed by atoms with Gasteiger partial charge in [0.1, 0.15) is 12.3 Å². The van der Waals surface area contributed by atoms with Gasteiger partial charge in [0, 0.05) is 48.3 Å². The number of ether oxygens (including phenoxy) is 1. The van der Waals surface area contributed by atoms with Gasteiger partial charge in [-0.1, -0.05) is 0 Å². The minimum Gasteiger partial charge on any atom is -0.474 e. The second-order valence-electron chi connectivity index (χ2n) is 7.15. The number of aryl methyl sites for hydroxylation is 1. The molecule has 4 aromatic rings. The van der Waals surface area contributed by atoms with E-state index < -0.39 is 0 Å². The van der Waals surface area contributed by atoms with Crippen LogP contribution in [-0.2, 0) is 6.54 Å². The number of pyridine rings is 1. The van der Waals surface area contributed by atoms with Crippen molar-refractivity contribution < 1.29 is 4.74 Å². The lowest BCUT2D eigenvalue weighted by molar-refractivity contribution is 0.310. The van der Waals surface area contributed by atoms with E-state index in [-0.39, 0.29) is 0 Å². The van der Waals surface area contributed by atoms with Crippen molar-refractivity contribution >= 4 is 33.9 Å². The molecule has 0 spiro atoms. The van der Waals surface area contributed by atoms with Crippen LogP contribution in [0.4, 0.5) is 23.0 Å². The summed E-state index contributed by atoms with van der Waals surface area (Å²) in [6, 6.07) is 3.94. The third-order valence-corrected chi connectivity index (χ3v) is 5.20. The Morgan fingerprint density at radius 2 is 2.13 bits per heavy atom. The Balaban J connectivity index is 1.55. The Kier molecular flexibility index (Phi) is 4.35. The molecule has 0 bridgehead atoms. The Labute approximate surface area is 173 Å². The molecule has 0 aliphatic carbocycles. The second kappa shape index (κ2) is 7.18. The summed E-state index contributed by atoms with van der Waals surface area (Å²) in [5.41, 5.74) is 12.5. The second-order valence-corrected chi connectivity index (χ2v) is 7.15. The summed E-state index contributed by atoms with van der Waals surface area (Å²) in [4.78, 5) is 13.5. The minimum atomic E-state index is 0.491. The summed E-state index contributed by atoms with van der Waals surface area (Å²) in [6.07, 6.45) is 7.22. The topological polar surface area (TPSA) is 116 Å². The number of nitrogens with two attached hydrogens (primary N) is 1. The van der Waals surface area contributed by atoms with Crippen LogP contribution in [0.1, 0.15) is 12.5 Å². The molecule has 0 fully saturated rings. The number of benzene rings is 1. The van der Waals surface area contributed by atoms with Gasteiger partial charge < -0.3 is 21.1 Å². The van der Waals surface area contributed by atoms with Crippen LogP contribution in [0.2, 0.25) is 0 Å². The Bertz CT molecular complexity index is 1250. The van der Waals surface area contributed by atoms with E-state index in [2.05, 4.69) is 37.6 Å². The van der Waals surface area contributed by atoms with Crippen LogP contribution in [0.15, 0.2) is 36.9 Å². The van der Waals surface area contributed by atoms with Crippen LogP contribution in [0.3, 0.4) is 0 Å². The van der Waals surface area contributed by atoms with Gasteiger partial charge in [-0.25, -0.2) is 15.0 Å². The first-order valence-corrected chi connectivity index (χ1v) is 9.84. The van der Waals surface area contributed by atoms with Gasteiger partial charge in [-0.3, -0.25) is 4.68 Å². The minimum absolute atomic E-state index is 0.491. The Hall–Kier alpha value is -3.88. The highest BCUT2D eigenvalue weighted by molar-refractivity contribution is 5.95. The van der Waals surface area contributed by atoms with Gasteiger partial charge in [0.2, 0.25) is 11.8 Å². The monoisotopic (exact) mass is 402 g/mol. The largest absolute Gasteiger partial charge is 0.474 e. The molecule has 5 rings (SSSR count). The molecule has 1 aromatic carbocycles. The highest BCUT2D eigenvalue weighted by Crippen LogP contribution is 2.37. The molecule has 152 valence electrons. The van der Waals surface area contributed by atoms with E-state index >= 15 is 0 Å². The van der Waals surface area contributed by atoms with Crippen molar-refractivity contribution in [3.05, 3.63) is 42.5 Å². The van der Waals surface area contributed by atoms with E-state index in [4.69, 9.17) is 10.5 Å². The van der Waals surface area contributed by atoms with Gasteiger partial charge in [0.05, 0.1) is 17.4 Å². The maximum Gasteiger partial charge on any atom is 0.237 e. The van der Waals surface area contributed by atoms with E-state index in [0.717, 1.165) is 52.1 Å². The van der Waals surface area contributed by atoms with E-state index in [0.29, 0.717) is 24.1 Å². The zero-order valence-electron chi connectivity index (χ0n) is 16.8. The zero-order valence-corrected chi connectivity index (χ0v) is 16.8. The van der Waals surface area contributed by atoms with Gasteiger partial charge in [-0.15, -0.1) is 0 Å². The van der Waals surface area contributed by atoms with Crippen molar-refractivity contribution in [2.75, 3.05) is 29.5 Å². The lowest BCUT2D eigenvalue weighted by atomic mass is 9.99. The third-order valence-electron chi connectivity index (χ3n) is 5.20. The molecule has 0 saturated heterocycles. The smallest absolute Gasteiger partial charge is 0.237 e. The summed E-state index contributed by atoms with van der Waals surface area (Å²) in [5, 5.41) is 11.6. The van der Waals surface area contributed by atoms with Crippen molar-refractivity contribution in [1.29, 1.82) is 0 Å². The first-order chi connectivity index (χ1) is 14.6. The lowest BCUT2D eigenvalue weighted by Crippen LogP contribution is -2.20. The third kappa shape index (κ3) is 3.14. The first-order valence-electron chi connectivity index (χ1n) is 9.84. The standard InChI is InChI=1S/C21H22N8O/c1-3-29-11-14(8-26-29)27-21-25-10-16-17(22)6-13(7-18(16)28-21)15-9-24-20-19(12(15)2)23-4-5-30-20/h6-11,23H,3-5,22H2,1-2H3,(H,25,27,28). The van der Waals surface area contributed by atoms with Crippen LogP contribution in [-0.4, -0.2) is 37.9 Å². The fourth-order valence-electron chi connectivity index (χ4n) is 3.62. The highest BCUT2D eigenvalue weighted by Gasteiger charge is 2.18. The fraction of sp³-hybridized carbons (Fsp3) is 0.238. The molecule has 0 atom stereocenters. The summed E-state index contributed by atoms with van der Waals surface area (Å²) in [7, 11) is 0. The maximum atomic E-state index is 6.33. The number of anilines is 4. The number of nitrogen functional groups attached to an aromatic ring is 1. The summed E-state index contributed by atoms with van der Waals surface area (Å²) in [5.74, 6) is 1.13. The number of fused-ring (bicyclic) bond motifs is 2. The molecule has 9 nitrogen and oxygen atoms in total. The first kappa shape index (κ1) is 18.2. The number of hydrogen-bond donors (Lipinski definition) is 3. The molecule has 0 amide bonds. The van der Waals surface area contributed by atoms with Crippen molar-refractivity contribution in [2.24, 2.45) is 0 Å². The normalized spacial score (nSPS) is 12.9. The van der Waals surface area contributed by atoms with Crippen molar-refractivity contribution in [3.63, 3.8) is 0 Å². The summed E-state index contributed by atoms with van der Waals surface area (Å²) >= 11 is 0. The molecule has 9 heteroatoms. The number of nitrogens with zero attached hydrogens (tertiary/aromatic N) is 5. The van der Waals surface area contributed by atoms with E-state index in [1.54, 1.807) is 12.4 Å². The van der Waals surface area contributed by atoms with E-state index in [1.807, 2.05) is 36.1 Å². The van der Waals surface area contributed by atoms with Gasteiger partial charge in [0.15, 0.2) is 0 Å². The SMILES string of the molecule is CCn1cc(Nc2ncc3c(N)cc(-c4cnc5c(c4C)NCCO5)cc3n2)cn1. The molecular formula is C21H22N8O.